The molecule has 1 aromatic heterocycles. The van der Waals surface area contributed by atoms with E-state index in [-0.39, 0.29) is 17.7 Å². The smallest absolute Gasteiger partial charge is 0.337 e. The predicted molar refractivity (Wildman–Crippen MR) is 168 cm³/mol. The van der Waals surface area contributed by atoms with Crippen molar-refractivity contribution in [2.45, 2.75) is 26.5 Å². The van der Waals surface area contributed by atoms with E-state index in [1.165, 1.54) is 36.3 Å². The molecule has 1 aliphatic heterocycles. The Morgan fingerprint density at radius 2 is 1.71 bits per heavy atom. The van der Waals surface area contributed by atoms with Crippen molar-refractivity contribution < 1.29 is 28.5 Å². The highest BCUT2D eigenvalue weighted by Crippen LogP contribution is 2.35. The van der Waals surface area contributed by atoms with E-state index in [9.17, 15) is 14.9 Å². The minimum Gasteiger partial charge on any atom is -0.493 e. The highest BCUT2D eigenvalue weighted by atomic mass is 32.1. The van der Waals surface area contributed by atoms with Crippen LogP contribution in [-0.2, 0) is 16.1 Å². The zero-order chi connectivity index (χ0) is 31.9. The molecular weight excluding hydrogens is 594 g/mol. The third-order valence-corrected chi connectivity index (χ3v) is 8.01. The summed E-state index contributed by atoms with van der Waals surface area (Å²) in [4.78, 5) is 31.7. The summed E-state index contributed by atoms with van der Waals surface area (Å²) in [6.07, 6.45) is 3.19. The van der Waals surface area contributed by atoms with E-state index in [0.717, 1.165) is 5.56 Å². The van der Waals surface area contributed by atoms with Crippen molar-refractivity contribution in [3.8, 4) is 29.1 Å². The molecule has 0 spiro atoms. The lowest BCUT2D eigenvalue weighted by atomic mass is 9.97. The van der Waals surface area contributed by atoms with Crippen molar-refractivity contribution in [2.24, 2.45) is 4.99 Å². The monoisotopic (exact) mass is 625 g/mol. The maximum atomic E-state index is 13.9. The van der Waals surface area contributed by atoms with Crippen molar-refractivity contribution in [3.05, 3.63) is 114 Å². The number of aromatic nitrogens is 1. The molecule has 0 saturated carbocycles. The molecule has 0 aliphatic carbocycles. The first kappa shape index (κ1) is 31.1. The first-order valence-corrected chi connectivity index (χ1v) is 15.0. The van der Waals surface area contributed by atoms with E-state index in [1.807, 2.05) is 32.0 Å². The van der Waals surface area contributed by atoms with Crippen molar-refractivity contribution in [2.75, 3.05) is 27.4 Å². The van der Waals surface area contributed by atoms with Gasteiger partial charge in [0.05, 0.1) is 55.2 Å². The van der Waals surface area contributed by atoms with Gasteiger partial charge in [0.2, 0.25) is 0 Å². The average Bonchev–Trinajstić information content (AvgIpc) is 3.38. The second-order valence-corrected chi connectivity index (χ2v) is 10.7. The van der Waals surface area contributed by atoms with Crippen LogP contribution in [0.5, 0.6) is 23.0 Å². The number of rotatable bonds is 11. The van der Waals surface area contributed by atoms with Gasteiger partial charge in [0, 0.05) is 11.8 Å². The second kappa shape index (κ2) is 14.0. The largest absolute Gasteiger partial charge is 0.493 e. The van der Waals surface area contributed by atoms with Gasteiger partial charge in [0.15, 0.2) is 27.8 Å². The Morgan fingerprint density at radius 1 is 0.978 bits per heavy atom. The molecular formula is C34H31N3O7S. The third kappa shape index (κ3) is 6.46. The van der Waals surface area contributed by atoms with Gasteiger partial charge in [-0.15, -0.1) is 0 Å². The molecule has 3 aromatic carbocycles. The lowest BCUT2D eigenvalue weighted by molar-refractivity contribution is -0.136. The van der Waals surface area contributed by atoms with Gasteiger partial charge in [-0.3, -0.25) is 9.36 Å². The Morgan fingerprint density at radius 3 is 2.44 bits per heavy atom. The van der Waals surface area contributed by atoms with Gasteiger partial charge in [0.1, 0.15) is 6.61 Å². The summed E-state index contributed by atoms with van der Waals surface area (Å²) >= 11 is 1.20. The fourth-order valence-corrected chi connectivity index (χ4v) is 5.91. The predicted octanol–water partition coefficient (Wildman–Crippen LogP) is 4.27. The molecule has 11 heteroatoms. The van der Waals surface area contributed by atoms with E-state index in [4.69, 9.17) is 23.7 Å². The number of benzene rings is 3. The van der Waals surface area contributed by atoms with Crippen LogP contribution in [-0.4, -0.2) is 38.0 Å². The molecule has 230 valence electrons. The maximum absolute atomic E-state index is 13.9. The summed E-state index contributed by atoms with van der Waals surface area (Å²) in [5.41, 5.74) is 2.53. The first-order valence-electron chi connectivity index (χ1n) is 14.2. The first-order chi connectivity index (χ1) is 21.9. The van der Waals surface area contributed by atoms with Crippen LogP contribution < -0.4 is 33.8 Å². The highest BCUT2D eigenvalue weighted by molar-refractivity contribution is 7.07. The number of ether oxygens (including phenoxy) is 5. The highest BCUT2D eigenvalue weighted by Gasteiger charge is 2.31. The number of esters is 1. The molecule has 0 radical (unpaired) electrons. The lowest BCUT2D eigenvalue weighted by Gasteiger charge is -2.23. The Balaban J connectivity index is 1.53. The van der Waals surface area contributed by atoms with Crippen LogP contribution in [0, 0.1) is 11.3 Å². The fourth-order valence-electron chi connectivity index (χ4n) is 4.94. The number of fused-ring (bicyclic) bond motifs is 1. The minimum atomic E-state index is -0.799. The molecule has 2 heterocycles. The van der Waals surface area contributed by atoms with Crippen molar-refractivity contribution in [1.29, 1.82) is 5.26 Å². The van der Waals surface area contributed by atoms with E-state index in [1.54, 1.807) is 48.5 Å². The standard InChI is InChI=1S/C34H31N3O7S/c1-5-42-27-14-12-22(17-29(27)43-6-2)31-25(33(39)41-4)19-36-34-37(31)32(38)30(45-34)16-21-11-13-26(28(15-21)40-3)44-20-24-10-8-7-9-23(24)18-35/h7-17,19,31H,5-6,20H2,1-4H3/b30-16-/t31-/m1/s1. The number of hydrogen-bond acceptors (Lipinski definition) is 10. The van der Waals surface area contributed by atoms with Crippen molar-refractivity contribution >= 4 is 23.4 Å². The molecule has 0 unspecified atom stereocenters. The molecule has 45 heavy (non-hydrogen) atoms. The number of carbonyl (C=O) groups is 1. The third-order valence-electron chi connectivity index (χ3n) is 7.01. The number of hydrogen-bond donors (Lipinski definition) is 0. The van der Waals surface area contributed by atoms with Gasteiger partial charge in [-0.1, -0.05) is 41.7 Å². The zero-order valence-electron chi connectivity index (χ0n) is 25.2. The molecule has 0 N–H and O–H groups in total. The van der Waals surface area contributed by atoms with Crippen LogP contribution in [0.1, 0.15) is 42.1 Å². The summed E-state index contributed by atoms with van der Waals surface area (Å²) < 4.78 is 30.0. The quantitative estimate of drug-likeness (QED) is 0.227. The SMILES string of the molecule is CCOc1ccc([C@@H]2C(C(=O)OC)=CN=c3s/c(=C\c4ccc(OCc5ccccc5C#N)c(OC)c4)c(=O)n32)cc1OCC. The van der Waals surface area contributed by atoms with Crippen LogP contribution in [0.25, 0.3) is 6.08 Å². The number of methoxy groups -OCH3 is 2. The van der Waals surface area contributed by atoms with E-state index < -0.39 is 12.0 Å². The van der Waals surface area contributed by atoms with Crippen molar-refractivity contribution in [3.63, 3.8) is 0 Å². The van der Waals surface area contributed by atoms with Gasteiger partial charge in [-0.2, -0.15) is 5.26 Å². The Hall–Kier alpha value is -5.34. The number of nitriles is 1. The summed E-state index contributed by atoms with van der Waals surface area (Å²) in [5.74, 6) is 1.44. The molecule has 1 atom stereocenters. The molecule has 1 aliphatic rings. The molecule has 5 rings (SSSR count). The second-order valence-electron chi connectivity index (χ2n) is 9.72. The molecule has 0 bridgehead atoms. The van der Waals surface area contributed by atoms with Gasteiger partial charge in [0.25, 0.3) is 5.56 Å². The number of nitrogens with zero attached hydrogens (tertiary/aromatic N) is 3. The summed E-state index contributed by atoms with van der Waals surface area (Å²) in [6, 6.07) is 19.3. The molecule has 0 amide bonds. The normalized spacial score (nSPS) is 14.0. The van der Waals surface area contributed by atoms with Gasteiger partial charge < -0.3 is 23.7 Å². The van der Waals surface area contributed by atoms with Gasteiger partial charge >= 0.3 is 5.97 Å². The van der Waals surface area contributed by atoms with E-state index >= 15 is 0 Å². The molecule has 10 nitrogen and oxygen atoms in total. The van der Waals surface area contributed by atoms with Crippen LogP contribution in [0.4, 0.5) is 0 Å². The van der Waals surface area contributed by atoms with E-state index in [2.05, 4.69) is 11.1 Å². The summed E-state index contributed by atoms with van der Waals surface area (Å²) in [7, 11) is 2.82. The Labute approximate surface area is 263 Å². The number of thiazole rings is 1. The van der Waals surface area contributed by atoms with Gasteiger partial charge in [-0.25, -0.2) is 9.79 Å². The zero-order valence-corrected chi connectivity index (χ0v) is 26.1. The van der Waals surface area contributed by atoms with Crippen LogP contribution in [0.2, 0.25) is 0 Å². The summed E-state index contributed by atoms with van der Waals surface area (Å²) in [5, 5.41) is 9.37. The average molecular weight is 626 g/mol. The summed E-state index contributed by atoms with van der Waals surface area (Å²) in [6.45, 7) is 4.80. The minimum absolute atomic E-state index is 0.192. The maximum Gasteiger partial charge on any atom is 0.337 e. The topological polar surface area (TPSA) is 121 Å². The van der Waals surface area contributed by atoms with Crippen LogP contribution >= 0.6 is 11.3 Å². The van der Waals surface area contributed by atoms with Crippen LogP contribution in [0.3, 0.4) is 0 Å². The fraction of sp³-hybridized carbons (Fsp3) is 0.235. The number of carbonyl (C=O) groups excluding carboxylic acids is 1. The Kier molecular flexibility index (Phi) is 9.65. The van der Waals surface area contributed by atoms with Crippen molar-refractivity contribution in [1.82, 2.24) is 4.57 Å². The molecule has 4 aromatic rings. The van der Waals surface area contributed by atoms with E-state index in [0.29, 0.717) is 62.2 Å². The molecule has 0 saturated heterocycles. The van der Waals surface area contributed by atoms with Gasteiger partial charge in [-0.05, 0) is 61.4 Å². The lowest BCUT2D eigenvalue weighted by Crippen LogP contribution is -2.39. The Bertz CT molecular complexity index is 1990. The van der Waals surface area contributed by atoms with Crippen LogP contribution in [0.15, 0.2) is 82.2 Å². The molecule has 0 fully saturated rings.